The summed E-state index contributed by atoms with van der Waals surface area (Å²) in [5.41, 5.74) is 0.761. The van der Waals surface area contributed by atoms with Crippen molar-refractivity contribution in [2.45, 2.75) is 57.6 Å². The third-order valence-corrected chi connectivity index (χ3v) is 5.85. The van der Waals surface area contributed by atoms with E-state index in [2.05, 4.69) is 16.0 Å². The second kappa shape index (κ2) is 15.4. The maximum absolute atomic E-state index is 13.3. The first-order valence-corrected chi connectivity index (χ1v) is 12.3. The minimum absolute atomic E-state index is 0.229. The first kappa shape index (κ1) is 28.6. The van der Waals surface area contributed by atoms with Crippen LogP contribution >= 0.6 is 0 Å². The van der Waals surface area contributed by atoms with E-state index in [0.29, 0.717) is 63.0 Å². The van der Waals surface area contributed by atoms with E-state index >= 15 is 0 Å². The zero-order chi connectivity index (χ0) is 26.3. The number of unbranched alkanes of at least 4 members (excludes halogenated alkanes) is 1. The van der Waals surface area contributed by atoms with Crippen LogP contribution in [0.2, 0.25) is 0 Å². The van der Waals surface area contributed by atoms with Gasteiger partial charge >= 0.3 is 12.0 Å². The van der Waals surface area contributed by atoms with E-state index in [9.17, 15) is 19.2 Å². The number of benzene rings is 1. The van der Waals surface area contributed by atoms with Crippen molar-refractivity contribution in [3.05, 3.63) is 35.4 Å². The highest BCUT2D eigenvalue weighted by atomic mass is 16.5. The number of urea groups is 1. The molecule has 0 radical (unpaired) electrons. The SMILES string of the molecule is CCCCNC(=O)NCCC[C@H](NC(=O)c1ccc(C#N)cc1)C(=O)N1CCC(OCC(=O)O)CC1. The van der Waals surface area contributed by atoms with Crippen LogP contribution in [0.3, 0.4) is 0 Å². The Morgan fingerprint density at radius 3 is 2.33 bits per heavy atom. The van der Waals surface area contributed by atoms with Crippen LogP contribution in [0.15, 0.2) is 24.3 Å². The van der Waals surface area contributed by atoms with Gasteiger partial charge in [-0.25, -0.2) is 9.59 Å². The van der Waals surface area contributed by atoms with Crippen molar-refractivity contribution in [3.8, 4) is 6.07 Å². The van der Waals surface area contributed by atoms with Gasteiger partial charge in [0.15, 0.2) is 0 Å². The number of aliphatic carboxylic acids is 1. The fraction of sp³-hybridized carbons (Fsp3) is 0.560. The molecule has 1 fully saturated rings. The van der Waals surface area contributed by atoms with E-state index < -0.39 is 17.9 Å². The highest BCUT2D eigenvalue weighted by molar-refractivity contribution is 5.97. The van der Waals surface area contributed by atoms with Crippen LogP contribution in [-0.4, -0.2) is 78.8 Å². The van der Waals surface area contributed by atoms with Crippen molar-refractivity contribution in [2.24, 2.45) is 0 Å². The predicted octanol–water partition coefficient (Wildman–Crippen LogP) is 1.63. The van der Waals surface area contributed by atoms with Crippen LogP contribution in [0, 0.1) is 11.3 Å². The summed E-state index contributed by atoms with van der Waals surface area (Å²) in [6.45, 7) is 3.39. The normalized spacial score (nSPS) is 14.4. The number of likely N-dealkylation sites (tertiary alicyclic amines) is 1. The molecule has 1 saturated heterocycles. The van der Waals surface area contributed by atoms with Gasteiger partial charge in [0, 0.05) is 31.7 Å². The fourth-order valence-electron chi connectivity index (χ4n) is 3.80. The number of ether oxygens (including phenoxy) is 1. The molecule has 4 N–H and O–H groups in total. The number of carboxylic acid groups (broad SMARTS) is 1. The Morgan fingerprint density at radius 1 is 1.11 bits per heavy atom. The van der Waals surface area contributed by atoms with Crippen molar-refractivity contribution in [1.82, 2.24) is 20.9 Å². The topological polar surface area (TPSA) is 161 Å². The van der Waals surface area contributed by atoms with Crippen molar-refractivity contribution in [2.75, 3.05) is 32.8 Å². The lowest BCUT2D eigenvalue weighted by molar-refractivity contribution is -0.147. The maximum atomic E-state index is 13.3. The minimum Gasteiger partial charge on any atom is -0.480 e. The largest absolute Gasteiger partial charge is 0.480 e. The number of carboxylic acids is 1. The molecule has 2 rings (SSSR count). The van der Waals surface area contributed by atoms with E-state index in [1.807, 2.05) is 13.0 Å². The highest BCUT2D eigenvalue weighted by Gasteiger charge is 2.30. The molecular formula is C25H35N5O6. The van der Waals surface area contributed by atoms with Gasteiger partial charge in [-0.15, -0.1) is 0 Å². The number of nitrogens with one attached hydrogen (secondary N) is 3. The second-order valence-corrected chi connectivity index (χ2v) is 8.62. The van der Waals surface area contributed by atoms with Gasteiger partial charge in [0.25, 0.3) is 5.91 Å². The number of piperidine rings is 1. The molecule has 1 aliphatic rings. The lowest BCUT2D eigenvalue weighted by Gasteiger charge is -2.34. The molecule has 4 amide bonds. The number of nitriles is 1. The Morgan fingerprint density at radius 2 is 1.75 bits per heavy atom. The molecule has 11 nitrogen and oxygen atoms in total. The van der Waals surface area contributed by atoms with Crippen molar-refractivity contribution in [1.29, 1.82) is 5.26 Å². The average Bonchev–Trinajstić information content (AvgIpc) is 2.89. The van der Waals surface area contributed by atoms with Crippen LogP contribution in [0.4, 0.5) is 4.79 Å². The molecule has 0 spiro atoms. The lowest BCUT2D eigenvalue weighted by atomic mass is 10.0. The van der Waals surface area contributed by atoms with Crippen LogP contribution < -0.4 is 16.0 Å². The molecule has 0 aliphatic carbocycles. The van der Waals surface area contributed by atoms with E-state index in [-0.39, 0.29) is 24.6 Å². The van der Waals surface area contributed by atoms with Crippen molar-refractivity contribution in [3.63, 3.8) is 0 Å². The molecular weight excluding hydrogens is 466 g/mol. The summed E-state index contributed by atoms with van der Waals surface area (Å²) in [6.07, 6.45) is 3.46. The number of carbonyl (C=O) groups is 4. The molecule has 1 atom stereocenters. The third-order valence-electron chi connectivity index (χ3n) is 5.85. The quantitative estimate of drug-likeness (QED) is 0.299. The molecule has 0 saturated carbocycles. The smallest absolute Gasteiger partial charge is 0.329 e. The average molecular weight is 502 g/mol. The Kier molecular flexibility index (Phi) is 12.2. The predicted molar refractivity (Wildman–Crippen MR) is 131 cm³/mol. The molecule has 1 aromatic rings. The van der Waals surface area contributed by atoms with Gasteiger partial charge < -0.3 is 30.7 Å². The van der Waals surface area contributed by atoms with Crippen LogP contribution in [0.5, 0.6) is 0 Å². The molecule has 196 valence electrons. The van der Waals surface area contributed by atoms with Gasteiger partial charge in [-0.2, -0.15) is 5.26 Å². The Labute approximate surface area is 211 Å². The van der Waals surface area contributed by atoms with E-state index in [1.54, 1.807) is 4.90 Å². The standard InChI is InChI=1S/C25H35N5O6/c1-2-3-12-27-25(35)28-13-4-5-21(29-23(33)19-8-6-18(16-26)7-9-19)24(34)30-14-10-20(11-15-30)36-17-22(31)32/h6-9,20-21H,2-5,10-15,17H2,1H3,(H,29,33)(H,31,32)(H2,27,28,35)/t21-/m0/s1. The first-order valence-electron chi connectivity index (χ1n) is 12.3. The third kappa shape index (κ3) is 9.92. The number of rotatable bonds is 13. The summed E-state index contributed by atoms with van der Waals surface area (Å²) in [6, 6.07) is 7.07. The summed E-state index contributed by atoms with van der Waals surface area (Å²) in [5.74, 6) is -1.70. The summed E-state index contributed by atoms with van der Waals surface area (Å²) in [5, 5.41) is 26.1. The summed E-state index contributed by atoms with van der Waals surface area (Å²) in [4.78, 5) is 50.3. The highest BCUT2D eigenvalue weighted by Crippen LogP contribution is 2.16. The molecule has 11 heteroatoms. The molecule has 1 heterocycles. The first-order chi connectivity index (χ1) is 17.3. The van der Waals surface area contributed by atoms with Crippen molar-refractivity contribution >= 4 is 23.8 Å². The number of amides is 4. The van der Waals surface area contributed by atoms with Crippen LogP contribution in [0.25, 0.3) is 0 Å². The molecule has 0 aromatic heterocycles. The number of hydrogen-bond donors (Lipinski definition) is 4. The zero-order valence-electron chi connectivity index (χ0n) is 20.6. The number of carbonyl (C=O) groups excluding carboxylic acids is 3. The van der Waals surface area contributed by atoms with Gasteiger partial charge in [-0.05, 0) is 56.4 Å². The van der Waals surface area contributed by atoms with Gasteiger partial charge in [-0.3, -0.25) is 9.59 Å². The second-order valence-electron chi connectivity index (χ2n) is 8.62. The summed E-state index contributed by atoms with van der Waals surface area (Å²) in [7, 11) is 0. The Bertz CT molecular complexity index is 922. The van der Waals surface area contributed by atoms with Gasteiger partial charge in [0.1, 0.15) is 12.6 Å². The minimum atomic E-state index is -1.04. The number of nitrogens with zero attached hydrogens (tertiary/aromatic N) is 2. The van der Waals surface area contributed by atoms with Crippen LogP contribution in [-0.2, 0) is 14.3 Å². The molecule has 1 aromatic carbocycles. The van der Waals surface area contributed by atoms with Gasteiger partial charge in [-0.1, -0.05) is 13.3 Å². The van der Waals surface area contributed by atoms with E-state index in [1.165, 1.54) is 24.3 Å². The van der Waals surface area contributed by atoms with E-state index in [0.717, 1.165) is 12.8 Å². The molecule has 0 unspecified atom stereocenters. The van der Waals surface area contributed by atoms with Gasteiger partial charge in [0.05, 0.1) is 17.7 Å². The fourth-order valence-corrected chi connectivity index (χ4v) is 3.80. The van der Waals surface area contributed by atoms with Crippen molar-refractivity contribution < 1.29 is 29.0 Å². The summed E-state index contributed by atoms with van der Waals surface area (Å²) < 4.78 is 5.33. The Hall–Kier alpha value is -3.65. The van der Waals surface area contributed by atoms with E-state index in [4.69, 9.17) is 15.1 Å². The van der Waals surface area contributed by atoms with Crippen LogP contribution in [0.1, 0.15) is 61.4 Å². The monoisotopic (exact) mass is 501 g/mol. The zero-order valence-corrected chi connectivity index (χ0v) is 20.6. The molecule has 0 bridgehead atoms. The molecule has 1 aliphatic heterocycles. The number of hydrogen-bond acceptors (Lipinski definition) is 6. The van der Waals surface area contributed by atoms with Gasteiger partial charge in [0.2, 0.25) is 5.91 Å². The molecule has 36 heavy (non-hydrogen) atoms. The maximum Gasteiger partial charge on any atom is 0.329 e. The summed E-state index contributed by atoms with van der Waals surface area (Å²) >= 11 is 0. The lowest BCUT2D eigenvalue weighted by Crippen LogP contribution is -2.51. The Balaban J connectivity index is 1.95.